The van der Waals surface area contributed by atoms with Gasteiger partial charge in [0.2, 0.25) is 0 Å². The molecule has 0 aliphatic carbocycles. The van der Waals surface area contributed by atoms with E-state index in [0.29, 0.717) is 24.4 Å². The molecule has 0 fully saturated rings. The molecule has 3 rings (SSSR count). The summed E-state index contributed by atoms with van der Waals surface area (Å²) >= 11 is 0. The number of furan rings is 1. The largest absolute Gasteiger partial charge is 0.455 e. The Balaban J connectivity index is 1.61. The van der Waals surface area contributed by atoms with Gasteiger partial charge in [-0.3, -0.25) is 9.69 Å². The Bertz CT molecular complexity index is 1060. The van der Waals surface area contributed by atoms with E-state index in [2.05, 4.69) is 10.2 Å². The van der Waals surface area contributed by atoms with Crippen molar-refractivity contribution in [3.8, 4) is 0 Å². The zero-order chi connectivity index (χ0) is 23.3. The lowest BCUT2D eigenvalue weighted by molar-refractivity contribution is -0.137. The van der Waals surface area contributed by atoms with Crippen molar-refractivity contribution in [1.29, 1.82) is 0 Å². The molecule has 1 N–H and O–H groups in total. The Morgan fingerprint density at radius 1 is 1.00 bits per heavy atom. The van der Waals surface area contributed by atoms with Gasteiger partial charge in [0.25, 0.3) is 5.91 Å². The van der Waals surface area contributed by atoms with Crippen LogP contribution in [0.25, 0.3) is 0 Å². The van der Waals surface area contributed by atoms with E-state index in [0.717, 1.165) is 17.7 Å². The van der Waals surface area contributed by atoms with Crippen LogP contribution in [0.3, 0.4) is 0 Å². The first-order valence-electron chi connectivity index (χ1n) is 10.1. The van der Waals surface area contributed by atoms with Gasteiger partial charge in [0.1, 0.15) is 11.6 Å². The minimum atomic E-state index is -4.44. The van der Waals surface area contributed by atoms with E-state index in [1.165, 1.54) is 30.3 Å². The van der Waals surface area contributed by atoms with E-state index in [9.17, 15) is 22.4 Å². The van der Waals surface area contributed by atoms with Crippen molar-refractivity contribution in [1.82, 2.24) is 10.2 Å². The smallest absolute Gasteiger partial charge is 0.416 e. The molecule has 4 nitrogen and oxygen atoms in total. The quantitative estimate of drug-likeness (QED) is 0.445. The number of carbonyl (C=O) groups excluding carboxylic acids is 1. The maximum Gasteiger partial charge on any atom is 0.416 e. The average molecular weight is 448 g/mol. The van der Waals surface area contributed by atoms with Gasteiger partial charge in [0.05, 0.1) is 12.1 Å². The predicted molar refractivity (Wildman–Crippen MR) is 112 cm³/mol. The Labute approximate surface area is 183 Å². The molecule has 0 saturated carbocycles. The predicted octanol–water partition coefficient (Wildman–Crippen LogP) is 5.78. The maximum atomic E-state index is 13.5. The fourth-order valence-electron chi connectivity index (χ4n) is 3.20. The third-order valence-corrected chi connectivity index (χ3v) is 4.96. The molecular weight excluding hydrogens is 424 g/mol. The lowest BCUT2D eigenvalue weighted by atomic mass is 10.1. The van der Waals surface area contributed by atoms with Crippen LogP contribution in [0.15, 0.2) is 65.1 Å². The molecular formula is C24H24F4N2O2. The van der Waals surface area contributed by atoms with Gasteiger partial charge in [0, 0.05) is 19.1 Å². The maximum absolute atomic E-state index is 13.5. The van der Waals surface area contributed by atoms with E-state index in [-0.39, 0.29) is 24.2 Å². The van der Waals surface area contributed by atoms with Gasteiger partial charge >= 0.3 is 6.18 Å². The molecule has 170 valence electrons. The van der Waals surface area contributed by atoms with Crippen LogP contribution in [0.2, 0.25) is 0 Å². The number of nitrogens with zero attached hydrogens (tertiary/aromatic N) is 1. The number of hydrogen-bond acceptors (Lipinski definition) is 3. The molecule has 0 bridgehead atoms. The van der Waals surface area contributed by atoms with E-state index >= 15 is 0 Å². The summed E-state index contributed by atoms with van der Waals surface area (Å²) in [5, 5.41) is 2.57. The number of hydrogen-bond donors (Lipinski definition) is 1. The highest BCUT2D eigenvalue weighted by atomic mass is 19.4. The molecule has 8 heteroatoms. The topological polar surface area (TPSA) is 45.5 Å². The SMILES string of the molecule is CC(C)N(Cc1cccc(F)c1)Cc1ccc(C(=O)NCc2cccc(C(F)(F)F)c2)o1. The van der Waals surface area contributed by atoms with E-state index < -0.39 is 17.6 Å². The zero-order valence-corrected chi connectivity index (χ0v) is 17.7. The van der Waals surface area contributed by atoms with Crippen LogP contribution < -0.4 is 5.32 Å². The lowest BCUT2D eigenvalue weighted by Crippen LogP contribution is -2.29. The third kappa shape index (κ3) is 6.43. The van der Waals surface area contributed by atoms with Crippen molar-refractivity contribution < 1.29 is 26.8 Å². The zero-order valence-electron chi connectivity index (χ0n) is 17.7. The van der Waals surface area contributed by atoms with Crippen LogP contribution in [0.1, 0.15) is 46.9 Å². The monoisotopic (exact) mass is 448 g/mol. The van der Waals surface area contributed by atoms with E-state index in [4.69, 9.17) is 4.42 Å². The molecule has 2 aromatic carbocycles. The molecule has 1 aromatic heterocycles. The number of benzene rings is 2. The fraction of sp³-hybridized carbons (Fsp3) is 0.292. The van der Waals surface area contributed by atoms with Gasteiger partial charge < -0.3 is 9.73 Å². The number of amides is 1. The third-order valence-electron chi connectivity index (χ3n) is 4.96. The van der Waals surface area contributed by atoms with Crippen LogP contribution in [-0.4, -0.2) is 16.8 Å². The summed E-state index contributed by atoms with van der Waals surface area (Å²) in [4.78, 5) is 14.4. The Kier molecular flexibility index (Phi) is 7.35. The molecule has 0 unspecified atom stereocenters. The first-order chi connectivity index (χ1) is 15.1. The highest BCUT2D eigenvalue weighted by molar-refractivity contribution is 5.91. The van der Waals surface area contributed by atoms with Crippen LogP contribution in [0.4, 0.5) is 17.6 Å². The second kappa shape index (κ2) is 9.99. The Morgan fingerprint density at radius 3 is 2.41 bits per heavy atom. The summed E-state index contributed by atoms with van der Waals surface area (Å²) < 4.78 is 57.6. The molecule has 0 aliphatic heterocycles. The van der Waals surface area contributed by atoms with Crippen molar-refractivity contribution in [2.45, 2.75) is 45.7 Å². The molecule has 0 saturated heterocycles. The van der Waals surface area contributed by atoms with Gasteiger partial charge in [-0.05, 0) is 61.4 Å². The summed E-state index contributed by atoms with van der Waals surface area (Å²) in [7, 11) is 0. The van der Waals surface area contributed by atoms with Crippen LogP contribution in [0.5, 0.6) is 0 Å². The number of alkyl halides is 3. The number of carbonyl (C=O) groups is 1. The standard InChI is InChI=1S/C24H24F4N2O2/c1-16(2)30(14-18-6-4-8-20(25)12-18)15-21-9-10-22(32-21)23(31)29-13-17-5-3-7-19(11-17)24(26,27)28/h3-12,16H,13-15H2,1-2H3,(H,29,31). The lowest BCUT2D eigenvalue weighted by Gasteiger charge is -2.25. The first-order valence-corrected chi connectivity index (χ1v) is 10.1. The molecule has 1 heterocycles. The second-order valence-electron chi connectivity index (χ2n) is 7.78. The van der Waals surface area contributed by atoms with Gasteiger partial charge in [-0.2, -0.15) is 13.2 Å². The van der Waals surface area contributed by atoms with Crippen molar-refractivity contribution in [3.05, 3.63) is 94.7 Å². The van der Waals surface area contributed by atoms with Gasteiger partial charge in [-0.1, -0.05) is 24.3 Å². The van der Waals surface area contributed by atoms with Crippen LogP contribution in [0, 0.1) is 5.82 Å². The minimum Gasteiger partial charge on any atom is -0.455 e. The van der Waals surface area contributed by atoms with Crippen molar-refractivity contribution >= 4 is 5.91 Å². The van der Waals surface area contributed by atoms with Crippen molar-refractivity contribution in [2.24, 2.45) is 0 Å². The van der Waals surface area contributed by atoms with E-state index in [1.54, 1.807) is 12.1 Å². The molecule has 0 atom stereocenters. The summed E-state index contributed by atoms with van der Waals surface area (Å²) in [6.07, 6.45) is -4.44. The average Bonchev–Trinajstić information content (AvgIpc) is 3.20. The molecule has 1 amide bonds. The highest BCUT2D eigenvalue weighted by Crippen LogP contribution is 2.29. The number of nitrogens with one attached hydrogen (secondary N) is 1. The molecule has 0 radical (unpaired) electrons. The highest BCUT2D eigenvalue weighted by Gasteiger charge is 2.30. The fourth-order valence-corrected chi connectivity index (χ4v) is 3.20. The molecule has 0 spiro atoms. The van der Waals surface area contributed by atoms with Gasteiger partial charge in [-0.25, -0.2) is 4.39 Å². The van der Waals surface area contributed by atoms with E-state index in [1.807, 2.05) is 19.9 Å². The van der Waals surface area contributed by atoms with Crippen LogP contribution >= 0.6 is 0 Å². The minimum absolute atomic E-state index is 0.0591. The Hall–Kier alpha value is -3.13. The number of rotatable bonds is 8. The summed E-state index contributed by atoms with van der Waals surface area (Å²) in [5.74, 6) is -0.195. The van der Waals surface area contributed by atoms with Crippen molar-refractivity contribution in [2.75, 3.05) is 0 Å². The first kappa shape index (κ1) is 23.5. The molecule has 0 aliphatic rings. The molecule has 3 aromatic rings. The number of halogens is 4. The summed E-state index contributed by atoms with van der Waals surface area (Å²) in [6.45, 7) is 4.87. The molecule has 32 heavy (non-hydrogen) atoms. The normalized spacial score (nSPS) is 11.9. The summed E-state index contributed by atoms with van der Waals surface area (Å²) in [6, 6.07) is 14.5. The van der Waals surface area contributed by atoms with Crippen LogP contribution in [-0.2, 0) is 25.8 Å². The van der Waals surface area contributed by atoms with Gasteiger partial charge in [-0.15, -0.1) is 0 Å². The second-order valence-corrected chi connectivity index (χ2v) is 7.78. The summed E-state index contributed by atoms with van der Waals surface area (Å²) in [5.41, 5.74) is 0.391. The Morgan fingerprint density at radius 2 is 1.72 bits per heavy atom. The van der Waals surface area contributed by atoms with Gasteiger partial charge in [0.15, 0.2) is 5.76 Å². The van der Waals surface area contributed by atoms with Crippen molar-refractivity contribution in [3.63, 3.8) is 0 Å².